The molecule has 1 aromatic carbocycles. The van der Waals surface area contributed by atoms with E-state index >= 15 is 0 Å². The third kappa shape index (κ3) is 2.70. The molecule has 0 amide bonds. The van der Waals surface area contributed by atoms with Gasteiger partial charge in [-0.25, -0.2) is 0 Å². The molecule has 100 valence electrons. The Bertz CT molecular complexity index is 444. The van der Waals surface area contributed by atoms with Crippen molar-refractivity contribution in [3.63, 3.8) is 0 Å². The molecule has 0 unspecified atom stereocenters. The van der Waals surface area contributed by atoms with Crippen molar-refractivity contribution in [2.24, 2.45) is 0 Å². The predicted molar refractivity (Wildman–Crippen MR) is 66.3 cm³/mol. The summed E-state index contributed by atoms with van der Waals surface area (Å²) in [6.45, 7) is 3.31. The summed E-state index contributed by atoms with van der Waals surface area (Å²) in [5, 5.41) is 20.6. The van der Waals surface area contributed by atoms with E-state index < -0.39 is 11.0 Å². The van der Waals surface area contributed by atoms with Crippen LogP contribution in [0.15, 0.2) is 12.1 Å². The van der Waals surface area contributed by atoms with E-state index in [2.05, 4.69) is 0 Å². The lowest BCUT2D eigenvalue weighted by Crippen LogP contribution is -2.13. The molecule has 0 spiro atoms. The number of nitro benzene ring substituents is 1. The highest BCUT2D eigenvalue weighted by Gasteiger charge is 2.25. The highest BCUT2D eigenvalue weighted by atomic mass is 16.6. The number of hydrogen-bond acceptors (Lipinski definition) is 5. The van der Waals surface area contributed by atoms with Crippen LogP contribution in [-0.4, -0.2) is 30.4 Å². The summed E-state index contributed by atoms with van der Waals surface area (Å²) in [5.74, 6) is 0.335. The Morgan fingerprint density at radius 1 is 1.22 bits per heavy atom. The van der Waals surface area contributed by atoms with Gasteiger partial charge in [0.2, 0.25) is 0 Å². The molecule has 0 radical (unpaired) electrons. The molecule has 0 saturated carbocycles. The van der Waals surface area contributed by atoms with Crippen molar-refractivity contribution in [1.29, 1.82) is 0 Å². The number of rotatable bonds is 5. The Balaban J connectivity index is 3.42. The fraction of sp³-hybridized carbons (Fsp3) is 0.500. The number of hydrogen-bond donors (Lipinski definition) is 1. The maximum Gasteiger partial charge on any atom is 0.276 e. The summed E-state index contributed by atoms with van der Waals surface area (Å²) < 4.78 is 10.1. The van der Waals surface area contributed by atoms with E-state index in [4.69, 9.17) is 9.47 Å². The average molecular weight is 255 g/mol. The van der Waals surface area contributed by atoms with Gasteiger partial charge in [0.05, 0.1) is 31.3 Å². The number of methoxy groups -OCH3 is 2. The average Bonchev–Trinajstić information content (AvgIpc) is 2.35. The molecule has 0 bridgehead atoms. The third-order valence-corrected chi connectivity index (χ3v) is 2.94. The zero-order chi connectivity index (χ0) is 13.9. The lowest BCUT2D eigenvalue weighted by atomic mass is 9.94. The minimum atomic E-state index is -0.693. The van der Waals surface area contributed by atoms with E-state index in [9.17, 15) is 15.2 Å². The molecule has 0 aliphatic heterocycles. The molecule has 2 atom stereocenters. The van der Waals surface area contributed by atoms with Gasteiger partial charge in [-0.05, 0) is 13.0 Å². The molecular weight excluding hydrogens is 238 g/mol. The molecule has 0 aliphatic rings. The molecule has 0 saturated heterocycles. The van der Waals surface area contributed by atoms with Crippen LogP contribution in [0.4, 0.5) is 5.69 Å². The van der Waals surface area contributed by atoms with Crippen molar-refractivity contribution in [3.8, 4) is 11.5 Å². The molecule has 18 heavy (non-hydrogen) atoms. The second-order valence-electron chi connectivity index (χ2n) is 4.05. The van der Waals surface area contributed by atoms with Crippen LogP contribution in [0.25, 0.3) is 0 Å². The first-order valence-corrected chi connectivity index (χ1v) is 5.50. The first kappa shape index (κ1) is 14.2. The van der Waals surface area contributed by atoms with Gasteiger partial charge in [-0.2, -0.15) is 0 Å². The van der Waals surface area contributed by atoms with E-state index in [0.29, 0.717) is 17.1 Å². The fourth-order valence-corrected chi connectivity index (χ4v) is 1.67. The smallest absolute Gasteiger partial charge is 0.276 e. The second-order valence-corrected chi connectivity index (χ2v) is 4.05. The van der Waals surface area contributed by atoms with Crippen LogP contribution in [0.1, 0.15) is 25.3 Å². The van der Waals surface area contributed by atoms with Crippen molar-refractivity contribution in [3.05, 3.63) is 27.8 Å². The van der Waals surface area contributed by atoms with Gasteiger partial charge in [-0.1, -0.05) is 6.92 Å². The van der Waals surface area contributed by atoms with E-state index in [1.165, 1.54) is 26.4 Å². The lowest BCUT2D eigenvalue weighted by Gasteiger charge is -2.17. The summed E-state index contributed by atoms with van der Waals surface area (Å²) in [4.78, 5) is 10.6. The largest absolute Gasteiger partial charge is 0.493 e. The molecule has 1 N–H and O–H groups in total. The van der Waals surface area contributed by atoms with Crippen LogP contribution >= 0.6 is 0 Å². The molecule has 0 aromatic heterocycles. The summed E-state index contributed by atoms with van der Waals surface area (Å²) >= 11 is 0. The Morgan fingerprint density at radius 3 is 2.11 bits per heavy atom. The van der Waals surface area contributed by atoms with Gasteiger partial charge in [0.1, 0.15) is 0 Å². The van der Waals surface area contributed by atoms with Crippen molar-refractivity contribution in [1.82, 2.24) is 0 Å². The number of ether oxygens (including phenoxy) is 2. The van der Waals surface area contributed by atoms with Crippen molar-refractivity contribution in [2.45, 2.75) is 25.9 Å². The van der Waals surface area contributed by atoms with E-state index in [1.807, 2.05) is 0 Å². The van der Waals surface area contributed by atoms with Crippen molar-refractivity contribution < 1.29 is 19.5 Å². The van der Waals surface area contributed by atoms with Gasteiger partial charge in [0, 0.05) is 11.5 Å². The maximum absolute atomic E-state index is 11.0. The van der Waals surface area contributed by atoms with Gasteiger partial charge in [-0.15, -0.1) is 0 Å². The number of aliphatic hydroxyl groups excluding tert-OH is 1. The third-order valence-electron chi connectivity index (χ3n) is 2.94. The van der Waals surface area contributed by atoms with Crippen LogP contribution in [0, 0.1) is 10.1 Å². The van der Waals surface area contributed by atoms with Crippen LogP contribution in [0.3, 0.4) is 0 Å². The van der Waals surface area contributed by atoms with Crippen LogP contribution in [-0.2, 0) is 0 Å². The molecule has 1 rings (SSSR count). The lowest BCUT2D eigenvalue weighted by molar-refractivity contribution is -0.385. The highest BCUT2D eigenvalue weighted by molar-refractivity contribution is 5.55. The summed E-state index contributed by atoms with van der Waals surface area (Å²) in [6, 6.07) is 2.85. The molecule has 0 aliphatic carbocycles. The van der Waals surface area contributed by atoms with E-state index in [-0.39, 0.29) is 11.6 Å². The molecule has 0 fully saturated rings. The zero-order valence-electron chi connectivity index (χ0n) is 10.8. The summed E-state index contributed by atoms with van der Waals surface area (Å²) in [6.07, 6.45) is -0.693. The van der Waals surface area contributed by atoms with Gasteiger partial charge in [-0.3, -0.25) is 10.1 Å². The minimum absolute atomic E-state index is 0.0824. The predicted octanol–water partition coefficient (Wildman–Crippen LogP) is 2.10. The maximum atomic E-state index is 11.0. The molecule has 1 aromatic rings. The highest BCUT2D eigenvalue weighted by Crippen LogP contribution is 2.38. The van der Waals surface area contributed by atoms with Gasteiger partial charge >= 0.3 is 0 Å². The molecule has 6 nitrogen and oxygen atoms in total. The van der Waals surface area contributed by atoms with Crippen molar-refractivity contribution in [2.75, 3.05) is 14.2 Å². The van der Waals surface area contributed by atoms with Gasteiger partial charge in [0.25, 0.3) is 5.69 Å². The number of nitro groups is 1. The first-order chi connectivity index (χ1) is 8.42. The van der Waals surface area contributed by atoms with E-state index in [0.717, 1.165) is 0 Å². The minimum Gasteiger partial charge on any atom is -0.493 e. The quantitative estimate of drug-likeness (QED) is 0.643. The van der Waals surface area contributed by atoms with Gasteiger partial charge < -0.3 is 14.6 Å². The SMILES string of the molecule is COc1cc([C@@H](C)[C@H](C)O)c([N+](=O)[O-])cc1OC. The van der Waals surface area contributed by atoms with Crippen LogP contribution < -0.4 is 9.47 Å². The Kier molecular flexibility index (Phi) is 4.49. The molecule has 0 heterocycles. The Hall–Kier alpha value is -1.82. The van der Waals surface area contributed by atoms with Crippen molar-refractivity contribution >= 4 is 5.69 Å². The number of aliphatic hydroxyl groups is 1. The molecular formula is C12H17NO5. The summed E-state index contributed by atoms with van der Waals surface area (Å²) in [5.41, 5.74) is 0.341. The Morgan fingerprint density at radius 2 is 1.72 bits per heavy atom. The standard InChI is InChI=1S/C12H17NO5/c1-7(8(2)14)9-5-11(17-3)12(18-4)6-10(9)13(15)16/h5-8,14H,1-4H3/t7-,8-/m0/s1. The number of nitrogens with zero attached hydrogens (tertiary/aromatic N) is 1. The number of benzene rings is 1. The topological polar surface area (TPSA) is 81.8 Å². The molecule has 6 heteroatoms. The zero-order valence-corrected chi connectivity index (χ0v) is 10.8. The monoisotopic (exact) mass is 255 g/mol. The van der Waals surface area contributed by atoms with E-state index in [1.54, 1.807) is 13.8 Å². The Labute approximate surface area is 105 Å². The summed E-state index contributed by atoms with van der Waals surface area (Å²) in [7, 11) is 2.87. The second kappa shape index (κ2) is 5.68. The fourth-order valence-electron chi connectivity index (χ4n) is 1.67. The van der Waals surface area contributed by atoms with Crippen LogP contribution in [0.2, 0.25) is 0 Å². The normalized spacial score (nSPS) is 13.8. The first-order valence-electron chi connectivity index (χ1n) is 5.50. The van der Waals surface area contributed by atoms with Crippen LogP contribution in [0.5, 0.6) is 11.5 Å². The van der Waals surface area contributed by atoms with Gasteiger partial charge in [0.15, 0.2) is 11.5 Å².